The van der Waals surface area contributed by atoms with E-state index in [1.54, 1.807) is 19.2 Å². The number of amides is 1. The van der Waals surface area contributed by atoms with Gasteiger partial charge in [-0.15, -0.1) is 0 Å². The van der Waals surface area contributed by atoms with E-state index < -0.39 is 0 Å². The molecule has 0 bridgehead atoms. The van der Waals surface area contributed by atoms with Crippen molar-refractivity contribution in [3.8, 4) is 0 Å². The first-order chi connectivity index (χ1) is 10.2. The maximum Gasteiger partial charge on any atom is 0.251 e. The van der Waals surface area contributed by atoms with Gasteiger partial charge in [0.2, 0.25) is 0 Å². The van der Waals surface area contributed by atoms with E-state index in [1.165, 1.54) is 38.8 Å². The number of nitrogens with zero attached hydrogens (tertiary/aromatic N) is 1. The van der Waals surface area contributed by atoms with Gasteiger partial charge in [0.25, 0.3) is 5.91 Å². The van der Waals surface area contributed by atoms with Gasteiger partial charge in [0.15, 0.2) is 0 Å². The molecule has 0 aromatic heterocycles. The Hall–Kier alpha value is -1.75. The number of carbonyl (C=O) groups excluding carboxylic acids is 1. The van der Waals surface area contributed by atoms with Gasteiger partial charge in [-0.25, -0.2) is 0 Å². The molecule has 5 heteroatoms. The van der Waals surface area contributed by atoms with E-state index in [0.717, 1.165) is 18.8 Å². The van der Waals surface area contributed by atoms with Crippen molar-refractivity contribution >= 4 is 17.3 Å². The first-order valence-electron chi connectivity index (χ1n) is 7.78. The molecular weight excluding hydrogens is 264 g/mol. The summed E-state index contributed by atoms with van der Waals surface area (Å²) < 4.78 is 0. The van der Waals surface area contributed by atoms with Crippen LogP contribution in [0.15, 0.2) is 18.2 Å². The minimum absolute atomic E-state index is 0.0921. The third kappa shape index (κ3) is 4.63. The van der Waals surface area contributed by atoms with Crippen molar-refractivity contribution in [2.24, 2.45) is 0 Å². The van der Waals surface area contributed by atoms with E-state index in [1.807, 2.05) is 6.07 Å². The molecule has 1 aromatic carbocycles. The molecule has 0 atom stereocenters. The van der Waals surface area contributed by atoms with Crippen LogP contribution < -0.4 is 16.4 Å². The largest absolute Gasteiger partial charge is 0.397 e. The normalized spacial score (nSPS) is 16.2. The van der Waals surface area contributed by atoms with E-state index >= 15 is 0 Å². The van der Waals surface area contributed by atoms with Crippen LogP contribution in [0.1, 0.15) is 36.0 Å². The molecule has 21 heavy (non-hydrogen) atoms. The molecule has 5 nitrogen and oxygen atoms in total. The van der Waals surface area contributed by atoms with Crippen LogP contribution >= 0.6 is 0 Å². The number of carbonyl (C=O) groups is 1. The van der Waals surface area contributed by atoms with Gasteiger partial charge >= 0.3 is 0 Å². The monoisotopic (exact) mass is 290 g/mol. The van der Waals surface area contributed by atoms with E-state index in [4.69, 9.17) is 5.73 Å². The summed E-state index contributed by atoms with van der Waals surface area (Å²) in [4.78, 5) is 14.1. The summed E-state index contributed by atoms with van der Waals surface area (Å²) in [7, 11) is 1.63. The second-order valence-corrected chi connectivity index (χ2v) is 5.56. The minimum Gasteiger partial charge on any atom is -0.397 e. The average molecular weight is 290 g/mol. The molecule has 0 saturated carbocycles. The molecule has 1 amide bonds. The molecule has 4 N–H and O–H groups in total. The number of anilines is 2. The van der Waals surface area contributed by atoms with Crippen molar-refractivity contribution in [2.75, 3.05) is 44.3 Å². The van der Waals surface area contributed by atoms with Crippen LogP contribution in [0.3, 0.4) is 0 Å². The fourth-order valence-electron chi connectivity index (χ4n) is 2.70. The van der Waals surface area contributed by atoms with E-state index in [2.05, 4.69) is 15.5 Å². The number of rotatable bonds is 5. The van der Waals surface area contributed by atoms with Crippen LogP contribution in [0.2, 0.25) is 0 Å². The van der Waals surface area contributed by atoms with Crippen LogP contribution in [-0.2, 0) is 0 Å². The molecule has 0 radical (unpaired) electrons. The van der Waals surface area contributed by atoms with Crippen molar-refractivity contribution in [3.63, 3.8) is 0 Å². The molecule has 2 rings (SSSR count). The van der Waals surface area contributed by atoms with Gasteiger partial charge < -0.3 is 21.3 Å². The maximum atomic E-state index is 11.6. The summed E-state index contributed by atoms with van der Waals surface area (Å²) in [6.07, 6.45) is 5.30. The molecule has 1 aliphatic rings. The Balaban J connectivity index is 1.88. The molecule has 1 heterocycles. The quantitative estimate of drug-likeness (QED) is 0.725. The summed E-state index contributed by atoms with van der Waals surface area (Å²) >= 11 is 0. The third-order valence-corrected chi connectivity index (χ3v) is 3.98. The Kier molecular flexibility index (Phi) is 5.87. The Morgan fingerprint density at radius 1 is 1.24 bits per heavy atom. The van der Waals surface area contributed by atoms with E-state index in [9.17, 15) is 4.79 Å². The van der Waals surface area contributed by atoms with E-state index in [-0.39, 0.29) is 5.91 Å². The second-order valence-electron chi connectivity index (χ2n) is 5.56. The second kappa shape index (κ2) is 7.88. The predicted octanol–water partition coefficient (Wildman–Crippen LogP) is 1.92. The summed E-state index contributed by atoms with van der Waals surface area (Å²) in [5.41, 5.74) is 8.11. The number of nitrogens with two attached hydrogens (primary N) is 1. The Morgan fingerprint density at radius 3 is 2.62 bits per heavy atom. The zero-order valence-corrected chi connectivity index (χ0v) is 12.8. The van der Waals surface area contributed by atoms with Crippen molar-refractivity contribution in [1.82, 2.24) is 10.2 Å². The fourth-order valence-corrected chi connectivity index (χ4v) is 2.70. The summed E-state index contributed by atoms with van der Waals surface area (Å²) in [6, 6.07) is 5.34. The Labute approximate surface area is 126 Å². The molecule has 1 aromatic rings. The average Bonchev–Trinajstić information content (AvgIpc) is 2.77. The fraction of sp³-hybridized carbons (Fsp3) is 0.562. The van der Waals surface area contributed by atoms with Crippen LogP contribution in [-0.4, -0.2) is 44.0 Å². The van der Waals surface area contributed by atoms with Crippen LogP contribution in [0, 0.1) is 0 Å². The third-order valence-electron chi connectivity index (χ3n) is 3.98. The van der Waals surface area contributed by atoms with Gasteiger partial charge in [-0.05, 0) is 44.1 Å². The number of benzene rings is 1. The van der Waals surface area contributed by atoms with Gasteiger partial charge in [0.1, 0.15) is 0 Å². The van der Waals surface area contributed by atoms with Gasteiger partial charge in [-0.3, -0.25) is 4.79 Å². The summed E-state index contributed by atoms with van der Waals surface area (Å²) in [5, 5.41) is 5.98. The molecule has 0 spiro atoms. The topological polar surface area (TPSA) is 70.4 Å². The first-order valence-corrected chi connectivity index (χ1v) is 7.78. The number of hydrogen-bond donors (Lipinski definition) is 3. The number of likely N-dealkylation sites (tertiary alicyclic amines) is 1. The lowest BCUT2D eigenvalue weighted by atomic mass is 10.1. The van der Waals surface area contributed by atoms with Crippen molar-refractivity contribution in [3.05, 3.63) is 23.8 Å². The number of hydrogen-bond acceptors (Lipinski definition) is 4. The van der Waals surface area contributed by atoms with Gasteiger partial charge in [0, 0.05) is 25.7 Å². The summed E-state index contributed by atoms with van der Waals surface area (Å²) in [6.45, 7) is 4.25. The number of nitrogen functional groups attached to an aromatic ring is 1. The van der Waals surface area contributed by atoms with Crippen LogP contribution in [0.25, 0.3) is 0 Å². The zero-order chi connectivity index (χ0) is 15.1. The zero-order valence-electron chi connectivity index (χ0n) is 12.8. The lowest BCUT2D eigenvalue weighted by molar-refractivity contribution is 0.0963. The minimum atomic E-state index is -0.0921. The molecule has 0 aliphatic carbocycles. The highest BCUT2D eigenvalue weighted by molar-refractivity contribution is 5.96. The lowest BCUT2D eigenvalue weighted by Crippen LogP contribution is -2.30. The van der Waals surface area contributed by atoms with Crippen molar-refractivity contribution < 1.29 is 4.79 Å². The molecule has 1 aliphatic heterocycles. The highest BCUT2D eigenvalue weighted by atomic mass is 16.1. The van der Waals surface area contributed by atoms with E-state index in [0.29, 0.717) is 11.3 Å². The molecule has 1 saturated heterocycles. The van der Waals surface area contributed by atoms with Gasteiger partial charge in [-0.2, -0.15) is 0 Å². The predicted molar refractivity (Wildman–Crippen MR) is 87.6 cm³/mol. The summed E-state index contributed by atoms with van der Waals surface area (Å²) in [5.74, 6) is -0.0921. The molecule has 1 fully saturated rings. The van der Waals surface area contributed by atoms with Gasteiger partial charge in [-0.1, -0.05) is 12.8 Å². The molecule has 116 valence electrons. The standard InChI is InChI=1S/C16H26N4O/c1-18-16(21)13-6-7-14(17)15(12-13)19-8-11-20-9-4-2-3-5-10-20/h6-7,12,19H,2-5,8-11,17H2,1H3,(H,18,21). The Bertz CT molecular complexity index is 467. The van der Waals surface area contributed by atoms with Crippen LogP contribution in [0.4, 0.5) is 11.4 Å². The Morgan fingerprint density at radius 2 is 1.95 bits per heavy atom. The molecule has 0 unspecified atom stereocenters. The highest BCUT2D eigenvalue weighted by Crippen LogP contribution is 2.20. The van der Waals surface area contributed by atoms with Crippen molar-refractivity contribution in [2.45, 2.75) is 25.7 Å². The van der Waals surface area contributed by atoms with Gasteiger partial charge in [0.05, 0.1) is 11.4 Å². The van der Waals surface area contributed by atoms with Crippen LogP contribution in [0.5, 0.6) is 0 Å². The maximum absolute atomic E-state index is 11.6. The smallest absolute Gasteiger partial charge is 0.251 e. The van der Waals surface area contributed by atoms with Crippen molar-refractivity contribution in [1.29, 1.82) is 0 Å². The first kappa shape index (κ1) is 15.6. The SMILES string of the molecule is CNC(=O)c1ccc(N)c(NCCN2CCCCCC2)c1. The number of nitrogens with one attached hydrogen (secondary N) is 2. The highest BCUT2D eigenvalue weighted by Gasteiger charge is 2.09. The lowest BCUT2D eigenvalue weighted by Gasteiger charge is -2.20. The molecular formula is C16H26N4O.